The number of carbonyl (C=O) groups is 1. The minimum Gasteiger partial charge on any atom is -0.459 e. The van der Waals surface area contributed by atoms with E-state index < -0.39 is 5.97 Å². The maximum atomic E-state index is 10.7. The quantitative estimate of drug-likeness (QED) is 0.444. The number of aromatic nitrogens is 2. The van der Waals surface area contributed by atoms with Gasteiger partial charge >= 0.3 is 5.97 Å². The lowest BCUT2D eigenvalue weighted by atomic mass is 10.2. The normalized spacial score (nSPS) is 8.79. The van der Waals surface area contributed by atoms with E-state index in [1.807, 2.05) is 6.92 Å². The highest BCUT2D eigenvalue weighted by Crippen LogP contribution is 2.02. The molecule has 0 N–H and O–H groups in total. The molecule has 0 unspecified atom stereocenters. The van der Waals surface area contributed by atoms with E-state index in [2.05, 4.69) is 26.8 Å². The van der Waals surface area contributed by atoms with Crippen LogP contribution in [0.5, 0.6) is 0 Å². The van der Waals surface area contributed by atoms with Crippen LogP contribution < -0.4 is 0 Å². The van der Waals surface area contributed by atoms with Gasteiger partial charge in [-0.25, -0.2) is 4.79 Å². The molecule has 14 heavy (non-hydrogen) atoms. The Morgan fingerprint density at radius 1 is 1.43 bits per heavy atom. The highest BCUT2D eigenvalue weighted by molar-refractivity contribution is 5.89. The van der Waals surface area contributed by atoms with Gasteiger partial charge < -0.3 is 4.74 Å². The van der Waals surface area contributed by atoms with Crippen LogP contribution in [-0.2, 0) is 9.53 Å². The van der Waals surface area contributed by atoms with Crippen molar-refractivity contribution in [1.29, 1.82) is 0 Å². The summed E-state index contributed by atoms with van der Waals surface area (Å²) < 4.78 is 4.39. The Morgan fingerprint density at radius 2 is 2.14 bits per heavy atom. The van der Waals surface area contributed by atoms with E-state index in [4.69, 9.17) is 0 Å². The molecule has 4 heteroatoms. The SMILES string of the molecule is COC(=O)C#Cc1cc(C)nnc1C. The van der Waals surface area contributed by atoms with Crippen molar-refractivity contribution in [3.63, 3.8) is 0 Å². The van der Waals surface area contributed by atoms with Gasteiger partial charge in [-0.2, -0.15) is 10.2 Å². The van der Waals surface area contributed by atoms with Crippen molar-refractivity contribution in [2.75, 3.05) is 7.11 Å². The van der Waals surface area contributed by atoms with Crippen molar-refractivity contribution in [2.24, 2.45) is 0 Å². The first-order valence-electron chi connectivity index (χ1n) is 4.04. The Balaban J connectivity index is 3.00. The number of hydrogen-bond acceptors (Lipinski definition) is 4. The topological polar surface area (TPSA) is 52.1 Å². The Morgan fingerprint density at radius 3 is 2.79 bits per heavy atom. The van der Waals surface area contributed by atoms with Gasteiger partial charge in [0.05, 0.1) is 24.1 Å². The van der Waals surface area contributed by atoms with Crippen molar-refractivity contribution < 1.29 is 9.53 Å². The second-order valence-electron chi connectivity index (χ2n) is 2.73. The van der Waals surface area contributed by atoms with E-state index in [-0.39, 0.29) is 0 Å². The summed E-state index contributed by atoms with van der Waals surface area (Å²) in [6, 6.07) is 1.78. The van der Waals surface area contributed by atoms with E-state index >= 15 is 0 Å². The molecule has 0 aromatic carbocycles. The Hall–Kier alpha value is -1.89. The lowest BCUT2D eigenvalue weighted by molar-refractivity contribution is -0.133. The van der Waals surface area contributed by atoms with Crippen molar-refractivity contribution in [1.82, 2.24) is 10.2 Å². The lowest BCUT2D eigenvalue weighted by Gasteiger charge is -1.96. The van der Waals surface area contributed by atoms with Gasteiger partial charge in [-0.15, -0.1) is 0 Å². The number of nitrogens with zero attached hydrogens (tertiary/aromatic N) is 2. The van der Waals surface area contributed by atoms with Gasteiger partial charge in [0.2, 0.25) is 0 Å². The summed E-state index contributed by atoms with van der Waals surface area (Å²) >= 11 is 0. The zero-order valence-electron chi connectivity index (χ0n) is 8.29. The van der Waals surface area contributed by atoms with Gasteiger partial charge in [0.15, 0.2) is 0 Å². The maximum absolute atomic E-state index is 10.7. The summed E-state index contributed by atoms with van der Waals surface area (Å²) in [4.78, 5) is 10.7. The van der Waals surface area contributed by atoms with E-state index in [0.717, 1.165) is 5.69 Å². The zero-order valence-corrected chi connectivity index (χ0v) is 8.29. The molecule has 0 radical (unpaired) electrons. The van der Waals surface area contributed by atoms with Crippen molar-refractivity contribution in [3.05, 3.63) is 23.0 Å². The predicted molar refractivity (Wildman–Crippen MR) is 50.4 cm³/mol. The van der Waals surface area contributed by atoms with Crippen LogP contribution in [0.2, 0.25) is 0 Å². The fourth-order valence-corrected chi connectivity index (χ4v) is 0.846. The van der Waals surface area contributed by atoms with Crippen LogP contribution in [-0.4, -0.2) is 23.3 Å². The van der Waals surface area contributed by atoms with Crippen LogP contribution in [0.1, 0.15) is 17.0 Å². The molecule has 0 atom stereocenters. The molecule has 1 aromatic rings. The number of rotatable bonds is 0. The number of hydrogen-bond donors (Lipinski definition) is 0. The van der Waals surface area contributed by atoms with Gasteiger partial charge in [-0.1, -0.05) is 5.92 Å². The third-order valence-corrected chi connectivity index (χ3v) is 1.59. The average molecular weight is 190 g/mol. The van der Waals surface area contributed by atoms with Gasteiger partial charge in [-0.3, -0.25) is 0 Å². The smallest absolute Gasteiger partial charge is 0.384 e. The fourth-order valence-electron chi connectivity index (χ4n) is 0.846. The minimum absolute atomic E-state index is 0.557. The summed E-state index contributed by atoms with van der Waals surface area (Å²) in [5.74, 6) is 4.46. The highest BCUT2D eigenvalue weighted by atomic mass is 16.5. The van der Waals surface area contributed by atoms with Crippen LogP contribution in [0.3, 0.4) is 0 Å². The first-order chi connectivity index (χ1) is 6.63. The number of methoxy groups -OCH3 is 1. The summed E-state index contributed by atoms with van der Waals surface area (Å²) in [7, 11) is 1.29. The minimum atomic E-state index is -0.557. The van der Waals surface area contributed by atoms with Gasteiger partial charge in [-0.05, 0) is 19.9 Å². The van der Waals surface area contributed by atoms with Crippen molar-refractivity contribution in [2.45, 2.75) is 13.8 Å². The van der Waals surface area contributed by atoms with Gasteiger partial charge in [0.25, 0.3) is 0 Å². The molecule has 1 aromatic heterocycles. The molecule has 0 aliphatic heterocycles. The molecule has 0 bridgehead atoms. The largest absolute Gasteiger partial charge is 0.459 e. The molecule has 0 spiro atoms. The number of aryl methyl sites for hydroxylation is 2. The molecule has 1 rings (SSSR count). The second-order valence-corrected chi connectivity index (χ2v) is 2.73. The van der Waals surface area contributed by atoms with Crippen molar-refractivity contribution in [3.8, 4) is 11.8 Å². The van der Waals surface area contributed by atoms with E-state index in [1.165, 1.54) is 7.11 Å². The maximum Gasteiger partial charge on any atom is 0.384 e. The molecule has 0 saturated heterocycles. The van der Waals surface area contributed by atoms with Crippen LogP contribution >= 0.6 is 0 Å². The average Bonchev–Trinajstić information content (AvgIpc) is 2.19. The number of ether oxygens (including phenoxy) is 1. The van der Waals surface area contributed by atoms with E-state index in [9.17, 15) is 4.79 Å². The standard InChI is InChI=1S/C10H10N2O2/c1-7-6-9(8(2)12-11-7)4-5-10(13)14-3/h6H,1-3H3. The Kier molecular flexibility index (Phi) is 3.19. The summed E-state index contributed by atoms with van der Waals surface area (Å²) in [6.07, 6.45) is 0. The second kappa shape index (κ2) is 4.38. The summed E-state index contributed by atoms with van der Waals surface area (Å²) in [5.41, 5.74) is 2.17. The lowest BCUT2D eigenvalue weighted by Crippen LogP contribution is -1.97. The molecule has 0 aliphatic rings. The number of carbonyl (C=O) groups excluding carboxylic acids is 1. The van der Waals surface area contributed by atoms with Gasteiger partial charge in [0, 0.05) is 5.92 Å². The van der Waals surface area contributed by atoms with Crippen LogP contribution in [0.15, 0.2) is 6.07 Å². The first-order valence-corrected chi connectivity index (χ1v) is 4.04. The molecule has 0 saturated carbocycles. The Bertz CT molecular complexity index is 416. The molecular weight excluding hydrogens is 180 g/mol. The Labute approximate surface area is 82.3 Å². The highest BCUT2D eigenvalue weighted by Gasteiger charge is 1.98. The summed E-state index contributed by atoms with van der Waals surface area (Å²) in [6.45, 7) is 3.60. The first kappa shape index (κ1) is 10.2. The third-order valence-electron chi connectivity index (χ3n) is 1.59. The molecule has 0 aliphatic carbocycles. The molecule has 1 heterocycles. The summed E-state index contributed by atoms with van der Waals surface area (Å²) in [5, 5.41) is 7.73. The van der Waals surface area contributed by atoms with Crippen molar-refractivity contribution >= 4 is 5.97 Å². The van der Waals surface area contributed by atoms with Crippen LogP contribution in [0.4, 0.5) is 0 Å². The molecule has 0 fully saturated rings. The third kappa shape index (κ3) is 2.56. The van der Waals surface area contributed by atoms with Gasteiger partial charge in [0.1, 0.15) is 0 Å². The van der Waals surface area contributed by atoms with E-state index in [0.29, 0.717) is 11.3 Å². The van der Waals surface area contributed by atoms with E-state index in [1.54, 1.807) is 13.0 Å². The fraction of sp³-hybridized carbons (Fsp3) is 0.300. The van der Waals surface area contributed by atoms with Crippen LogP contribution in [0, 0.1) is 25.7 Å². The molecular formula is C10H10N2O2. The predicted octanol–water partition coefficient (Wildman–Crippen LogP) is 0.618. The molecule has 0 amide bonds. The molecule has 72 valence electrons. The number of esters is 1. The molecule has 4 nitrogen and oxygen atoms in total. The zero-order chi connectivity index (χ0) is 10.6. The monoisotopic (exact) mass is 190 g/mol. The van der Waals surface area contributed by atoms with Crippen LogP contribution in [0.25, 0.3) is 0 Å².